The fourth-order valence-corrected chi connectivity index (χ4v) is 3.54. The fraction of sp³-hybridized carbons (Fsp3) is 0.471. The summed E-state index contributed by atoms with van der Waals surface area (Å²) in [4.78, 5) is 6.68. The Morgan fingerprint density at radius 3 is 3.14 bits per heavy atom. The molecule has 2 atom stereocenters. The van der Waals surface area contributed by atoms with E-state index in [1.165, 1.54) is 0 Å². The van der Waals surface area contributed by atoms with Crippen molar-refractivity contribution in [1.29, 1.82) is 0 Å². The smallest absolute Gasteiger partial charge is 0.213 e. The van der Waals surface area contributed by atoms with Crippen LogP contribution in [-0.2, 0) is 11.3 Å². The molecular weight excluding hydrogens is 280 g/mol. The Kier molecular flexibility index (Phi) is 3.60. The summed E-state index contributed by atoms with van der Waals surface area (Å²) in [5.41, 5.74) is 0.0735. The predicted octanol–water partition coefficient (Wildman–Crippen LogP) is 2.20. The lowest BCUT2D eigenvalue weighted by atomic mass is 9.82. The van der Waals surface area contributed by atoms with Crippen LogP contribution in [-0.4, -0.2) is 42.8 Å². The molecule has 0 spiro atoms. The summed E-state index contributed by atoms with van der Waals surface area (Å²) in [5, 5.41) is 0. The number of hydrogen-bond donors (Lipinski definition) is 0. The molecule has 22 heavy (non-hydrogen) atoms. The van der Waals surface area contributed by atoms with Crippen LogP contribution < -0.4 is 4.74 Å². The third kappa shape index (κ3) is 2.62. The first-order chi connectivity index (χ1) is 10.8. The molecule has 0 N–H and O–H groups in total. The second-order valence-electron chi connectivity index (χ2n) is 6.28. The Hall–Kier alpha value is -1.85. The topological polar surface area (TPSA) is 47.7 Å². The quantitative estimate of drug-likeness (QED) is 0.847. The minimum atomic E-state index is 0.0735. The van der Waals surface area contributed by atoms with Gasteiger partial charge < -0.3 is 13.9 Å². The molecule has 0 aliphatic carbocycles. The van der Waals surface area contributed by atoms with Gasteiger partial charge in [-0.1, -0.05) is 6.07 Å². The zero-order valence-corrected chi connectivity index (χ0v) is 12.5. The van der Waals surface area contributed by atoms with Gasteiger partial charge in [-0.25, -0.2) is 4.98 Å². The van der Waals surface area contributed by atoms with Gasteiger partial charge in [0.05, 0.1) is 32.6 Å². The lowest BCUT2D eigenvalue weighted by Gasteiger charge is -2.26. The maximum Gasteiger partial charge on any atom is 0.213 e. The van der Waals surface area contributed by atoms with Crippen LogP contribution in [0.5, 0.6) is 5.88 Å². The number of aromatic nitrogens is 1. The van der Waals surface area contributed by atoms with E-state index in [0.29, 0.717) is 18.4 Å². The molecule has 0 amide bonds. The van der Waals surface area contributed by atoms with Crippen molar-refractivity contribution in [2.75, 3.05) is 32.9 Å². The largest absolute Gasteiger partial charge is 0.477 e. The van der Waals surface area contributed by atoms with E-state index in [2.05, 4.69) is 9.88 Å². The van der Waals surface area contributed by atoms with Crippen molar-refractivity contribution in [2.24, 2.45) is 11.3 Å². The molecule has 2 fully saturated rings. The third-order valence-corrected chi connectivity index (χ3v) is 4.70. The Morgan fingerprint density at radius 2 is 2.32 bits per heavy atom. The number of hydrogen-bond acceptors (Lipinski definition) is 5. The summed E-state index contributed by atoms with van der Waals surface area (Å²) in [6.07, 6.45) is 3.49. The average Bonchev–Trinajstić information content (AvgIpc) is 3.23. The van der Waals surface area contributed by atoms with E-state index in [0.717, 1.165) is 38.6 Å². The molecule has 4 rings (SSSR count). The molecule has 0 saturated carbocycles. The monoisotopic (exact) mass is 300 g/mol. The van der Waals surface area contributed by atoms with Crippen LogP contribution in [0.15, 0.2) is 47.2 Å². The first-order valence-electron chi connectivity index (χ1n) is 7.70. The van der Waals surface area contributed by atoms with Crippen LogP contribution in [0.3, 0.4) is 0 Å². The van der Waals surface area contributed by atoms with E-state index < -0.39 is 0 Å². The first-order valence-corrected chi connectivity index (χ1v) is 7.70. The molecule has 2 aliphatic heterocycles. The highest BCUT2D eigenvalue weighted by Gasteiger charge is 2.51. The molecule has 0 unspecified atom stereocenters. The molecule has 5 nitrogen and oxygen atoms in total. The van der Waals surface area contributed by atoms with E-state index in [1.54, 1.807) is 12.5 Å². The fourth-order valence-electron chi connectivity index (χ4n) is 3.54. The van der Waals surface area contributed by atoms with E-state index in [4.69, 9.17) is 13.9 Å². The summed E-state index contributed by atoms with van der Waals surface area (Å²) in [6.45, 7) is 5.11. The lowest BCUT2D eigenvalue weighted by Crippen LogP contribution is -2.37. The van der Waals surface area contributed by atoms with Crippen molar-refractivity contribution < 1.29 is 13.9 Å². The molecule has 2 saturated heterocycles. The number of pyridine rings is 1. The molecule has 2 aromatic heterocycles. The molecule has 116 valence electrons. The summed E-state index contributed by atoms with van der Waals surface area (Å²) in [5.74, 6) is 2.22. The molecule has 2 aromatic rings. The van der Waals surface area contributed by atoms with Crippen molar-refractivity contribution >= 4 is 0 Å². The van der Waals surface area contributed by atoms with Gasteiger partial charge in [0.15, 0.2) is 0 Å². The van der Waals surface area contributed by atoms with Crippen LogP contribution >= 0.6 is 0 Å². The van der Waals surface area contributed by atoms with Crippen molar-refractivity contribution in [2.45, 2.75) is 6.54 Å². The molecule has 4 heterocycles. The number of ether oxygens (including phenoxy) is 2. The van der Waals surface area contributed by atoms with Crippen LogP contribution in [0.4, 0.5) is 0 Å². The number of rotatable bonds is 5. The summed E-state index contributed by atoms with van der Waals surface area (Å²) in [7, 11) is 0. The minimum absolute atomic E-state index is 0.0735. The standard InChI is InChI=1S/C17H20N2O3/c1-2-6-18-16(5-1)22-13-17-11-19(8-14(17)10-20-12-17)9-15-4-3-7-21-15/h1-7,14H,8-13H2/t14-,17+/m1/s1. The van der Waals surface area contributed by atoms with Gasteiger partial charge in [0.1, 0.15) is 5.76 Å². The number of furan rings is 1. The Morgan fingerprint density at radius 1 is 1.32 bits per heavy atom. The maximum atomic E-state index is 5.94. The molecule has 2 aliphatic rings. The average molecular weight is 300 g/mol. The second-order valence-corrected chi connectivity index (χ2v) is 6.28. The Bertz CT molecular complexity index is 602. The van der Waals surface area contributed by atoms with E-state index in [1.807, 2.05) is 30.3 Å². The lowest BCUT2D eigenvalue weighted by molar-refractivity contribution is 0.0868. The zero-order chi connectivity index (χ0) is 14.8. The number of nitrogens with zero attached hydrogens (tertiary/aromatic N) is 2. The molecular formula is C17H20N2O3. The van der Waals surface area contributed by atoms with Gasteiger partial charge in [-0.2, -0.15) is 0 Å². The van der Waals surface area contributed by atoms with E-state index >= 15 is 0 Å². The normalized spacial score (nSPS) is 27.9. The van der Waals surface area contributed by atoms with E-state index in [-0.39, 0.29) is 5.41 Å². The van der Waals surface area contributed by atoms with Crippen LogP contribution in [0.2, 0.25) is 0 Å². The Balaban J connectivity index is 1.42. The van der Waals surface area contributed by atoms with E-state index in [9.17, 15) is 0 Å². The highest BCUT2D eigenvalue weighted by molar-refractivity contribution is 5.11. The van der Waals surface area contributed by atoms with Gasteiger partial charge in [-0.3, -0.25) is 4.90 Å². The molecule has 0 radical (unpaired) electrons. The van der Waals surface area contributed by atoms with Gasteiger partial charge >= 0.3 is 0 Å². The highest BCUT2D eigenvalue weighted by Crippen LogP contribution is 2.42. The summed E-state index contributed by atoms with van der Waals surface area (Å²) < 4.78 is 17.1. The van der Waals surface area contributed by atoms with Crippen molar-refractivity contribution in [1.82, 2.24) is 9.88 Å². The van der Waals surface area contributed by atoms with Crippen LogP contribution in [0.1, 0.15) is 5.76 Å². The van der Waals surface area contributed by atoms with Crippen molar-refractivity contribution in [3.63, 3.8) is 0 Å². The predicted molar refractivity (Wildman–Crippen MR) is 80.5 cm³/mol. The SMILES string of the molecule is c1ccc(OC[C@]23COC[C@H]2CN(Cc2ccco2)C3)nc1. The summed E-state index contributed by atoms with van der Waals surface area (Å²) in [6, 6.07) is 9.71. The zero-order valence-electron chi connectivity index (χ0n) is 12.5. The molecule has 0 aromatic carbocycles. The maximum absolute atomic E-state index is 5.94. The van der Waals surface area contributed by atoms with Gasteiger partial charge in [0, 0.05) is 36.7 Å². The van der Waals surface area contributed by atoms with Gasteiger partial charge in [0.2, 0.25) is 5.88 Å². The summed E-state index contributed by atoms with van der Waals surface area (Å²) >= 11 is 0. The van der Waals surface area contributed by atoms with Crippen molar-refractivity contribution in [3.05, 3.63) is 48.6 Å². The highest BCUT2D eigenvalue weighted by atomic mass is 16.5. The first kappa shape index (κ1) is 13.8. The number of likely N-dealkylation sites (tertiary alicyclic amines) is 1. The third-order valence-electron chi connectivity index (χ3n) is 4.70. The number of fused-ring (bicyclic) bond motifs is 1. The van der Waals surface area contributed by atoms with Crippen LogP contribution in [0, 0.1) is 11.3 Å². The van der Waals surface area contributed by atoms with Gasteiger partial charge in [0.25, 0.3) is 0 Å². The van der Waals surface area contributed by atoms with Crippen LogP contribution in [0.25, 0.3) is 0 Å². The van der Waals surface area contributed by atoms with Gasteiger partial charge in [-0.15, -0.1) is 0 Å². The Labute approximate surface area is 129 Å². The molecule has 0 bridgehead atoms. The second kappa shape index (κ2) is 5.74. The minimum Gasteiger partial charge on any atom is -0.477 e. The van der Waals surface area contributed by atoms with Gasteiger partial charge in [-0.05, 0) is 18.2 Å². The molecule has 5 heteroatoms. The van der Waals surface area contributed by atoms with Crippen molar-refractivity contribution in [3.8, 4) is 5.88 Å².